The van der Waals surface area contributed by atoms with E-state index in [1.165, 1.54) is 4.90 Å². The fraction of sp³-hybridized carbons (Fsp3) is 0.375. The molecule has 1 N–H and O–H groups in total. The number of imide groups is 2. The van der Waals surface area contributed by atoms with Gasteiger partial charge in [-0.05, 0) is 49.6 Å². The number of benzene rings is 2. The standard InChI is InChI=1S/C24H26N2O4/c1-15(2)30-21-13-12-16-8-6-7-11-18(16)19(21)14-20-22(27)25-24(29)26(23(20)28)17-9-4-3-5-10-17/h6-8,11-15,17H,3-5,9-10H2,1-2H3,(H,25,27,29). The molecular weight excluding hydrogens is 380 g/mol. The molecule has 0 bridgehead atoms. The number of amides is 4. The number of nitrogens with zero attached hydrogens (tertiary/aromatic N) is 1. The Kier molecular flexibility index (Phi) is 5.57. The predicted molar refractivity (Wildman–Crippen MR) is 115 cm³/mol. The van der Waals surface area contributed by atoms with Crippen molar-refractivity contribution in [2.24, 2.45) is 0 Å². The molecule has 4 amide bonds. The zero-order valence-corrected chi connectivity index (χ0v) is 17.3. The third kappa shape index (κ3) is 3.82. The molecule has 0 atom stereocenters. The highest BCUT2D eigenvalue weighted by Gasteiger charge is 2.40. The van der Waals surface area contributed by atoms with Gasteiger partial charge in [-0.15, -0.1) is 0 Å². The average Bonchev–Trinajstić information content (AvgIpc) is 2.72. The second kappa shape index (κ2) is 8.30. The van der Waals surface area contributed by atoms with E-state index in [-0.39, 0.29) is 17.7 Å². The molecule has 6 nitrogen and oxygen atoms in total. The lowest BCUT2D eigenvalue weighted by atomic mass is 9.93. The van der Waals surface area contributed by atoms with Crippen molar-refractivity contribution in [3.8, 4) is 5.75 Å². The van der Waals surface area contributed by atoms with Crippen LogP contribution < -0.4 is 10.1 Å². The number of nitrogens with one attached hydrogen (secondary N) is 1. The number of barbiturate groups is 1. The van der Waals surface area contributed by atoms with Gasteiger partial charge in [0, 0.05) is 11.6 Å². The van der Waals surface area contributed by atoms with E-state index in [9.17, 15) is 14.4 Å². The summed E-state index contributed by atoms with van der Waals surface area (Å²) in [6, 6.07) is 10.8. The largest absolute Gasteiger partial charge is 0.490 e. The van der Waals surface area contributed by atoms with Crippen LogP contribution in [-0.4, -0.2) is 34.9 Å². The molecule has 0 aromatic heterocycles. The Balaban J connectivity index is 1.81. The van der Waals surface area contributed by atoms with Gasteiger partial charge >= 0.3 is 6.03 Å². The van der Waals surface area contributed by atoms with Gasteiger partial charge in [-0.1, -0.05) is 49.6 Å². The lowest BCUT2D eigenvalue weighted by Crippen LogP contribution is -2.58. The summed E-state index contributed by atoms with van der Waals surface area (Å²) in [5.74, 6) is -0.600. The second-order valence-corrected chi connectivity index (χ2v) is 8.15. The SMILES string of the molecule is CC(C)Oc1ccc2ccccc2c1C=C1C(=O)NC(=O)N(C2CCCCC2)C1=O. The van der Waals surface area contributed by atoms with E-state index < -0.39 is 17.8 Å². The molecule has 1 aliphatic carbocycles. The van der Waals surface area contributed by atoms with Gasteiger partial charge < -0.3 is 4.74 Å². The van der Waals surface area contributed by atoms with E-state index in [4.69, 9.17) is 4.74 Å². The van der Waals surface area contributed by atoms with E-state index in [1.54, 1.807) is 6.08 Å². The monoisotopic (exact) mass is 406 g/mol. The lowest BCUT2D eigenvalue weighted by molar-refractivity contribution is -0.132. The Hall–Kier alpha value is -3.15. The summed E-state index contributed by atoms with van der Waals surface area (Å²) in [6.45, 7) is 3.85. The number of carbonyl (C=O) groups is 3. The summed E-state index contributed by atoms with van der Waals surface area (Å²) in [6.07, 6.45) is 6.11. The van der Waals surface area contributed by atoms with E-state index in [0.717, 1.165) is 42.9 Å². The zero-order chi connectivity index (χ0) is 21.3. The van der Waals surface area contributed by atoms with E-state index in [2.05, 4.69) is 5.32 Å². The van der Waals surface area contributed by atoms with Gasteiger partial charge in [0.15, 0.2) is 0 Å². The van der Waals surface area contributed by atoms with Crippen molar-refractivity contribution in [1.29, 1.82) is 0 Å². The summed E-state index contributed by atoms with van der Waals surface area (Å²) < 4.78 is 5.96. The van der Waals surface area contributed by atoms with Crippen molar-refractivity contribution < 1.29 is 19.1 Å². The topological polar surface area (TPSA) is 75.7 Å². The van der Waals surface area contributed by atoms with Crippen molar-refractivity contribution >= 4 is 34.7 Å². The summed E-state index contributed by atoms with van der Waals surface area (Å²) in [5.41, 5.74) is 0.628. The summed E-state index contributed by atoms with van der Waals surface area (Å²) in [5, 5.41) is 4.21. The molecule has 1 heterocycles. The Morgan fingerprint density at radius 2 is 1.77 bits per heavy atom. The molecule has 6 heteroatoms. The Labute approximate surface area is 175 Å². The van der Waals surface area contributed by atoms with Gasteiger partial charge in [-0.25, -0.2) is 4.79 Å². The van der Waals surface area contributed by atoms with Crippen molar-refractivity contribution in [3.05, 3.63) is 47.5 Å². The molecule has 4 rings (SSSR count). The minimum atomic E-state index is -0.666. The van der Waals surface area contributed by atoms with Crippen LogP contribution in [0.15, 0.2) is 42.0 Å². The highest BCUT2D eigenvalue weighted by atomic mass is 16.5. The van der Waals surface area contributed by atoms with Crippen LogP contribution in [0.3, 0.4) is 0 Å². The first-order chi connectivity index (χ1) is 14.5. The first kappa shape index (κ1) is 20.1. The number of rotatable bonds is 4. The molecule has 2 aliphatic rings. The van der Waals surface area contributed by atoms with Crippen LogP contribution in [0.2, 0.25) is 0 Å². The molecule has 0 unspecified atom stereocenters. The smallest absolute Gasteiger partial charge is 0.331 e. The Bertz CT molecular complexity index is 1030. The van der Waals surface area contributed by atoms with Gasteiger partial charge in [-0.3, -0.25) is 19.8 Å². The fourth-order valence-corrected chi connectivity index (χ4v) is 4.27. The molecule has 1 saturated carbocycles. The van der Waals surface area contributed by atoms with Crippen LogP contribution >= 0.6 is 0 Å². The quantitative estimate of drug-likeness (QED) is 0.602. The second-order valence-electron chi connectivity index (χ2n) is 8.15. The minimum Gasteiger partial charge on any atom is -0.490 e. The highest BCUT2D eigenvalue weighted by molar-refractivity contribution is 6.31. The molecule has 2 aromatic rings. The minimum absolute atomic E-state index is 0.0369. The number of hydrogen-bond acceptors (Lipinski definition) is 4. The normalized spacial score (nSPS) is 19.6. The van der Waals surface area contributed by atoms with Crippen molar-refractivity contribution in [1.82, 2.24) is 10.2 Å². The first-order valence-corrected chi connectivity index (χ1v) is 10.5. The lowest BCUT2D eigenvalue weighted by Gasteiger charge is -2.35. The van der Waals surface area contributed by atoms with Crippen LogP contribution in [0.5, 0.6) is 5.75 Å². The summed E-state index contributed by atoms with van der Waals surface area (Å²) in [4.78, 5) is 39.6. The Morgan fingerprint density at radius 3 is 2.50 bits per heavy atom. The van der Waals surface area contributed by atoms with E-state index >= 15 is 0 Å². The van der Waals surface area contributed by atoms with Gasteiger partial charge in [0.1, 0.15) is 11.3 Å². The van der Waals surface area contributed by atoms with Gasteiger partial charge in [0.05, 0.1) is 6.10 Å². The van der Waals surface area contributed by atoms with Crippen LogP contribution in [0, 0.1) is 0 Å². The van der Waals surface area contributed by atoms with Gasteiger partial charge in [0.2, 0.25) is 0 Å². The molecular formula is C24H26N2O4. The summed E-state index contributed by atoms with van der Waals surface area (Å²) in [7, 11) is 0. The first-order valence-electron chi connectivity index (χ1n) is 10.5. The molecule has 2 aromatic carbocycles. The zero-order valence-electron chi connectivity index (χ0n) is 17.3. The fourth-order valence-electron chi connectivity index (χ4n) is 4.27. The molecule has 156 valence electrons. The third-order valence-electron chi connectivity index (χ3n) is 5.65. The molecule has 30 heavy (non-hydrogen) atoms. The molecule has 1 aliphatic heterocycles. The number of urea groups is 1. The maximum Gasteiger partial charge on any atom is 0.331 e. The molecule has 0 radical (unpaired) electrons. The third-order valence-corrected chi connectivity index (χ3v) is 5.65. The number of ether oxygens (including phenoxy) is 1. The van der Waals surface area contributed by atoms with Crippen LogP contribution in [0.25, 0.3) is 16.8 Å². The average molecular weight is 406 g/mol. The number of carbonyl (C=O) groups excluding carboxylic acids is 3. The van der Waals surface area contributed by atoms with Crippen LogP contribution in [-0.2, 0) is 9.59 Å². The maximum atomic E-state index is 13.3. The van der Waals surface area contributed by atoms with Crippen LogP contribution in [0.4, 0.5) is 4.79 Å². The highest BCUT2D eigenvalue weighted by Crippen LogP contribution is 2.33. The Morgan fingerprint density at radius 1 is 1.03 bits per heavy atom. The van der Waals surface area contributed by atoms with Crippen molar-refractivity contribution in [2.75, 3.05) is 0 Å². The molecule has 1 saturated heterocycles. The maximum absolute atomic E-state index is 13.3. The van der Waals surface area contributed by atoms with Gasteiger partial charge in [0.25, 0.3) is 11.8 Å². The summed E-state index contributed by atoms with van der Waals surface area (Å²) >= 11 is 0. The molecule has 0 spiro atoms. The van der Waals surface area contributed by atoms with Crippen LogP contribution in [0.1, 0.15) is 51.5 Å². The van der Waals surface area contributed by atoms with E-state index in [1.807, 2.05) is 50.2 Å². The van der Waals surface area contributed by atoms with Crippen molar-refractivity contribution in [3.63, 3.8) is 0 Å². The van der Waals surface area contributed by atoms with Gasteiger partial charge in [-0.2, -0.15) is 0 Å². The molecule has 2 fully saturated rings. The predicted octanol–water partition coefficient (Wildman–Crippen LogP) is 4.42. The van der Waals surface area contributed by atoms with E-state index in [0.29, 0.717) is 11.3 Å². The van der Waals surface area contributed by atoms with Crippen molar-refractivity contribution in [2.45, 2.75) is 58.1 Å². The number of hydrogen-bond donors (Lipinski definition) is 1. The number of fused-ring (bicyclic) bond motifs is 1.